The zero-order valence-corrected chi connectivity index (χ0v) is 16.8. The Kier molecular flexibility index (Phi) is 6.74. The Morgan fingerprint density at radius 3 is 2.63 bits per heavy atom. The van der Waals surface area contributed by atoms with Crippen molar-refractivity contribution in [1.29, 1.82) is 0 Å². The lowest BCUT2D eigenvalue weighted by Crippen LogP contribution is -2.31. The van der Waals surface area contributed by atoms with Gasteiger partial charge >= 0.3 is 0 Å². The topological polar surface area (TPSA) is 70.2 Å². The van der Waals surface area contributed by atoms with Gasteiger partial charge in [0.15, 0.2) is 0 Å². The molecule has 3 rings (SSSR count). The van der Waals surface area contributed by atoms with Crippen LogP contribution in [0.5, 0.6) is 0 Å². The summed E-state index contributed by atoms with van der Waals surface area (Å²) in [6.45, 7) is 4.97. The zero-order chi connectivity index (χ0) is 19.2. The summed E-state index contributed by atoms with van der Waals surface area (Å²) >= 11 is 11.9. The van der Waals surface area contributed by atoms with Gasteiger partial charge in [0.1, 0.15) is 5.82 Å². The van der Waals surface area contributed by atoms with Crippen LogP contribution in [0.1, 0.15) is 35.3 Å². The van der Waals surface area contributed by atoms with Crippen molar-refractivity contribution in [1.82, 2.24) is 15.3 Å². The van der Waals surface area contributed by atoms with E-state index in [0.717, 1.165) is 24.6 Å². The van der Waals surface area contributed by atoms with Crippen LogP contribution in [0.25, 0.3) is 0 Å². The van der Waals surface area contributed by atoms with Gasteiger partial charge in [-0.2, -0.15) is 4.98 Å². The van der Waals surface area contributed by atoms with Gasteiger partial charge < -0.3 is 15.5 Å². The number of carbonyl (C=O) groups is 1. The molecule has 1 aliphatic heterocycles. The normalized spacial score (nSPS) is 14.1. The van der Waals surface area contributed by atoms with E-state index in [1.165, 1.54) is 19.3 Å². The van der Waals surface area contributed by atoms with Crippen LogP contribution in [-0.4, -0.2) is 42.1 Å². The number of hydrogen-bond donors (Lipinski definition) is 2. The molecule has 1 amide bonds. The molecule has 1 fully saturated rings. The first-order valence-electron chi connectivity index (χ1n) is 9.11. The van der Waals surface area contributed by atoms with Crippen LogP contribution in [0, 0.1) is 6.92 Å². The number of benzene rings is 1. The highest BCUT2D eigenvalue weighted by molar-refractivity contribution is 6.36. The molecule has 2 heterocycles. The average Bonchev–Trinajstić information content (AvgIpc) is 2.65. The van der Waals surface area contributed by atoms with Gasteiger partial charge in [0.05, 0.1) is 10.6 Å². The van der Waals surface area contributed by atoms with Gasteiger partial charge in [-0.05, 0) is 44.4 Å². The second kappa shape index (κ2) is 9.24. The van der Waals surface area contributed by atoms with Gasteiger partial charge in [-0.15, -0.1) is 0 Å². The molecule has 27 heavy (non-hydrogen) atoms. The van der Waals surface area contributed by atoms with Crippen molar-refractivity contribution in [3.05, 3.63) is 45.6 Å². The molecule has 1 saturated heterocycles. The molecular weight excluding hydrogens is 385 g/mol. The molecule has 0 saturated carbocycles. The standard InChI is InChI=1S/C19H23Cl2N5O/c1-13-11-17(26-9-3-2-4-10-26)25-19(24-13)23-8-7-22-18(27)15-6-5-14(20)12-16(15)21/h5-6,11-12H,2-4,7-10H2,1H3,(H,22,27)(H,23,24,25). The summed E-state index contributed by atoms with van der Waals surface area (Å²) in [5, 5.41) is 6.84. The number of nitrogens with one attached hydrogen (secondary N) is 2. The van der Waals surface area contributed by atoms with Gasteiger partial charge in [-0.25, -0.2) is 4.98 Å². The van der Waals surface area contributed by atoms with Crippen LogP contribution < -0.4 is 15.5 Å². The second-order valence-electron chi connectivity index (χ2n) is 6.55. The third-order valence-corrected chi connectivity index (χ3v) is 4.94. The van der Waals surface area contributed by atoms with Gasteiger partial charge in [0.25, 0.3) is 5.91 Å². The number of aromatic nitrogens is 2. The molecule has 0 unspecified atom stereocenters. The highest BCUT2D eigenvalue weighted by Gasteiger charge is 2.14. The monoisotopic (exact) mass is 407 g/mol. The SMILES string of the molecule is Cc1cc(N2CCCCC2)nc(NCCNC(=O)c2ccc(Cl)cc2Cl)n1. The molecule has 144 valence electrons. The Bertz CT molecular complexity index is 809. The van der Waals surface area contributed by atoms with Crippen molar-refractivity contribution >= 4 is 40.9 Å². The maximum absolute atomic E-state index is 12.2. The lowest BCUT2D eigenvalue weighted by Gasteiger charge is -2.28. The Balaban J connectivity index is 1.52. The lowest BCUT2D eigenvalue weighted by atomic mass is 10.1. The van der Waals surface area contributed by atoms with E-state index >= 15 is 0 Å². The molecule has 0 radical (unpaired) electrons. The first-order chi connectivity index (χ1) is 13.0. The number of piperidine rings is 1. The Morgan fingerprint density at radius 2 is 1.89 bits per heavy atom. The lowest BCUT2D eigenvalue weighted by molar-refractivity contribution is 0.0955. The van der Waals surface area contributed by atoms with Crippen LogP contribution in [0.3, 0.4) is 0 Å². The summed E-state index contributed by atoms with van der Waals surface area (Å²) < 4.78 is 0. The minimum atomic E-state index is -0.238. The van der Waals surface area contributed by atoms with E-state index in [1.54, 1.807) is 18.2 Å². The van der Waals surface area contributed by atoms with E-state index in [-0.39, 0.29) is 5.91 Å². The van der Waals surface area contributed by atoms with E-state index in [2.05, 4.69) is 25.5 Å². The van der Waals surface area contributed by atoms with Crippen molar-refractivity contribution in [2.45, 2.75) is 26.2 Å². The van der Waals surface area contributed by atoms with Crippen LogP contribution in [-0.2, 0) is 0 Å². The van der Waals surface area contributed by atoms with Crippen molar-refractivity contribution in [2.75, 3.05) is 36.4 Å². The first kappa shape index (κ1) is 19.7. The highest BCUT2D eigenvalue weighted by atomic mass is 35.5. The quantitative estimate of drug-likeness (QED) is 0.709. The predicted molar refractivity (Wildman–Crippen MR) is 110 cm³/mol. The van der Waals surface area contributed by atoms with Gasteiger partial charge in [-0.1, -0.05) is 23.2 Å². The number of amides is 1. The molecular formula is C19H23Cl2N5O. The van der Waals surface area contributed by atoms with E-state index in [9.17, 15) is 4.79 Å². The molecule has 1 aliphatic rings. The van der Waals surface area contributed by atoms with Gasteiger partial charge in [0.2, 0.25) is 5.95 Å². The number of nitrogens with zero attached hydrogens (tertiary/aromatic N) is 3. The molecule has 0 bridgehead atoms. The summed E-state index contributed by atoms with van der Waals surface area (Å²) in [6.07, 6.45) is 3.68. The molecule has 1 aromatic carbocycles. The van der Waals surface area contributed by atoms with Gasteiger partial charge in [0, 0.05) is 43.0 Å². The number of anilines is 2. The minimum Gasteiger partial charge on any atom is -0.356 e. The summed E-state index contributed by atoms with van der Waals surface area (Å²) in [6, 6.07) is 6.82. The number of halogens is 2. The fourth-order valence-corrected chi connectivity index (χ4v) is 3.53. The van der Waals surface area contributed by atoms with Crippen LogP contribution in [0.2, 0.25) is 10.0 Å². The Hall–Kier alpha value is -2.05. The second-order valence-corrected chi connectivity index (χ2v) is 7.39. The fourth-order valence-electron chi connectivity index (χ4n) is 3.04. The van der Waals surface area contributed by atoms with Crippen molar-refractivity contribution in [3.8, 4) is 0 Å². The molecule has 8 heteroatoms. The molecule has 6 nitrogen and oxygen atoms in total. The number of rotatable bonds is 6. The Labute approximate surface area is 169 Å². The molecule has 0 atom stereocenters. The van der Waals surface area contributed by atoms with E-state index in [1.807, 2.05) is 13.0 Å². The molecule has 0 aliphatic carbocycles. The third kappa shape index (κ3) is 5.47. The van der Waals surface area contributed by atoms with Crippen LogP contribution >= 0.6 is 23.2 Å². The number of carbonyl (C=O) groups excluding carboxylic acids is 1. The minimum absolute atomic E-state index is 0.238. The number of aryl methyl sites for hydroxylation is 1. The van der Waals surface area contributed by atoms with E-state index in [0.29, 0.717) is 34.6 Å². The Morgan fingerprint density at radius 1 is 1.11 bits per heavy atom. The van der Waals surface area contributed by atoms with Crippen molar-refractivity contribution in [3.63, 3.8) is 0 Å². The maximum Gasteiger partial charge on any atom is 0.252 e. The molecule has 1 aromatic heterocycles. The highest BCUT2D eigenvalue weighted by Crippen LogP contribution is 2.21. The summed E-state index contributed by atoms with van der Waals surface area (Å²) in [5.74, 6) is 1.30. The summed E-state index contributed by atoms with van der Waals surface area (Å²) in [7, 11) is 0. The third-order valence-electron chi connectivity index (χ3n) is 4.39. The van der Waals surface area contributed by atoms with Crippen molar-refractivity contribution < 1.29 is 4.79 Å². The number of hydrogen-bond acceptors (Lipinski definition) is 5. The largest absolute Gasteiger partial charge is 0.356 e. The van der Waals surface area contributed by atoms with Crippen LogP contribution in [0.15, 0.2) is 24.3 Å². The smallest absolute Gasteiger partial charge is 0.252 e. The maximum atomic E-state index is 12.2. The molecule has 0 spiro atoms. The predicted octanol–water partition coefficient (Wildman–Crippen LogP) is 3.92. The fraction of sp³-hybridized carbons (Fsp3) is 0.421. The molecule has 2 aromatic rings. The van der Waals surface area contributed by atoms with E-state index in [4.69, 9.17) is 23.2 Å². The van der Waals surface area contributed by atoms with E-state index < -0.39 is 0 Å². The first-order valence-corrected chi connectivity index (χ1v) is 9.86. The van der Waals surface area contributed by atoms with Crippen LogP contribution in [0.4, 0.5) is 11.8 Å². The molecule has 2 N–H and O–H groups in total. The van der Waals surface area contributed by atoms with Gasteiger partial charge in [-0.3, -0.25) is 4.79 Å². The summed E-state index contributed by atoms with van der Waals surface area (Å²) in [4.78, 5) is 23.5. The summed E-state index contributed by atoms with van der Waals surface area (Å²) in [5.41, 5.74) is 1.32. The van der Waals surface area contributed by atoms with Crippen molar-refractivity contribution in [2.24, 2.45) is 0 Å². The zero-order valence-electron chi connectivity index (χ0n) is 15.3. The average molecular weight is 408 g/mol.